The maximum atomic E-state index is 13.5. The molecule has 0 spiro atoms. The number of halogens is 1. The van der Waals surface area contributed by atoms with Crippen LogP contribution >= 0.6 is 15.9 Å². The number of ketones is 1. The Morgan fingerprint density at radius 3 is 2.55 bits per heavy atom. The van der Waals surface area contributed by atoms with Crippen LogP contribution in [0.3, 0.4) is 0 Å². The van der Waals surface area contributed by atoms with Crippen LogP contribution in [0.15, 0.2) is 62.2 Å². The number of nitrogens with zero attached hydrogens (tertiary/aromatic N) is 2. The summed E-state index contributed by atoms with van der Waals surface area (Å²) in [5.41, 5.74) is 1.05. The second kappa shape index (κ2) is 7.89. The Hall–Kier alpha value is -3.63. The molecule has 7 heteroatoms. The normalized spacial score (nSPS) is 10.9. The highest BCUT2D eigenvalue weighted by molar-refractivity contribution is 9.10. The molecule has 0 bridgehead atoms. The number of aromatic hydroxyl groups is 1. The SMILES string of the molecule is Cc1c(C(=O)c2oc3cc(Br)ccc3c2C)c(O)n(Cc2ccccc2)c(=O)c1C#N. The van der Waals surface area contributed by atoms with Crippen molar-refractivity contribution in [1.29, 1.82) is 5.26 Å². The molecule has 0 fully saturated rings. The van der Waals surface area contributed by atoms with E-state index in [0.717, 1.165) is 20.0 Å². The van der Waals surface area contributed by atoms with E-state index in [1.165, 1.54) is 6.92 Å². The fraction of sp³-hybridized carbons (Fsp3) is 0.125. The monoisotopic (exact) mass is 476 g/mol. The molecule has 0 saturated carbocycles. The van der Waals surface area contributed by atoms with Crippen molar-refractivity contribution < 1.29 is 14.3 Å². The molecular formula is C24H17BrN2O4. The fourth-order valence-electron chi connectivity index (χ4n) is 3.66. The Morgan fingerprint density at radius 1 is 1.16 bits per heavy atom. The molecule has 0 amide bonds. The van der Waals surface area contributed by atoms with E-state index in [4.69, 9.17) is 4.42 Å². The lowest BCUT2D eigenvalue weighted by atomic mass is 9.98. The topological polar surface area (TPSA) is 96.2 Å². The average molecular weight is 477 g/mol. The second-order valence-corrected chi connectivity index (χ2v) is 8.13. The summed E-state index contributed by atoms with van der Waals surface area (Å²) in [6.45, 7) is 3.26. The quantitative estimate of drug-likeness (QED) is 0.425. The highest BCUT2D eigenvalue weighted by Gasteiger charge is 2.28. The van der Waals surface area contributed by atoms with Gasteiger partial charge in [-0.25, -0.2) is 0 Å². The number of aryl methyl sites for hydroxylation is 1. The molecule has 0 unspecified atom stereocenters. The summed E-state index contributed by atoms with van der Waals surface area (Å²) in [5.74, 6) is -1.02. The third kappa shape index (κ3) is 3.45. The molecule has 31 heavy (non-hydrogen) atoms. The number of hydrogen-bond acceptors (Lipinski definition) is 5. The van der Waals surface area contributed by atoms with Crippen molar-refractivity contribution in [2.45, 2.75) is 20.4 Å². The summed E-state index contributed by atoms with van der Waals surface area (Å²) in [5, 5.41) is 21.3. The maximum absolute atomic E-state index is 13.5. The Bertz CT molecular complexity index is 1440. The van der Waals surface area contributed by atoms with Crippen molar-refractivity contribution >= 4 is 32.7 Å². The van der Waals surface area contributed by atoms with E-state index < -0.39 is 17.2 Å². The van der Waals surface area contributed by atoms with Gasteiger partial charge in [-0.05, 0) is 43.2 Å². The van der Waals surface area contributed by atoms with Gasteiger partial charge in [0.15, 0.2) is 5.76 Å². The molecule has 0 aliphatic rings. The third-order valence-corrected chi connectivity index (χ3v) is 5.81. The van der Waals surface area contributed by atoms with E-state index >= 15 is 0 Å². The number of carbonyl (C=O) groups excluding carboxylic acids is 1. The molecule has 6 nitrogen and oxygen atoms in total. The maximum Gasteiger partial charge on any atom is 0.271 e. The molecule has 4 rings (SSSR count). The first kappa shape index (κ1) is 20.6. The van der Waals surface area contributed by atoms with E-state index in [1.807, 2.05) is 24.3 Å². The molecule has 1 N–H and O–H groups in total. The van der Waals surface area contributed by atoms with Crippen LogP contribution in [0.1, 0.15) is 38.4 Å². The number of rotatable bonds is 4. The highest BCUT2D eigenvalue weighted by atomic mass is 79.9. The zero-order chi connectivity index (χ0) is 22.3. The summed E-state index contributed by atoms with van der Waals surface area (Å²) in [4.78, 5) is 26.3. The number of hydrogen-bond donors (Lipinski definition) is 1. The van der Waals surface area contributed by atoms with Crippen LogP contribution in [0.5, 0.6) is 5.88 Å². The van der Waals surface area contributed by atoms with Crippen molar-refractivity contribution in [1.82, 2.24) is 4.57 Å². The summed E-state index contributed by atoms with van der Waals surface area (Å²) in [7, 11) is 0. The molecule has 2 heterocycles. The third-order valence-electron chi connectivity index (χ3n) is 5.32. The van der Waals surface area contributed by atoms with Gasteiger partial charge < -0.3 is 9.52 Å². The van der Waals surface area contributed by atoms with Crippen molar-refractivity contribution in [3.05, 3.63) is 96.9 Å². The van der Waals surface area contributed by atoms with Gasteiger partial charge in [-0.2, -0.15) is 5.26 Å². The van der Waals surface area contributed by atoms with E-state index in [9.17, 15) is 20.0 Å². The number of aromatic nitrogens is 1. The van der Waals surface area contributed by atoms with Gasteiger partial charge in [-0.3, -0.25) is 14.2 Å². The standard InChI is InChI=1S/C24H17BrN2O4/c1-13-18(11-26)23(29)27(12-15-6-4-3-5-7-15)24(30)20(13)21(28)22-14(2)17-9-8-16(25)10-19(17)31-22/h3-10,30H,12H2,1-2H3. The van der Waals surface area contributed by atoms with Crippen molar-refractivity contribution in [2.75, 3.05) is 0 Å². The Labute approximate surface area is 186 Å². The minimum absolute atomic E-state index is 0.0206. The molecule has 4 aromatic rings. The van der Waals surface area contributed by atoms with E-state index in [0.29, 0.717) is 11.1 Å². The molecule has 0 radical (unpaired) electrons. The van der Waals surface area contributed by atoms with Gasteiger partial charge in [0, 0.05) is 15.4 Å². The zero-order valence-corrected chi connectivity index (χ0v) is 18.4. The van der Waals surface area contributed by atoms with Crippen LogP contribution in [0.4, 0.5) is 0 Å². The summed E-state index contributed by atoms with van der Waals surface area (Å²) < 4.78 is 7.65. The van der Waals surface area contributed by atoms with Gasteiger partial charge in [0.2, 0.25) is 11.7 Å². The van der Waals surface area contributed by atoms with Crippen LogP contribution in [-0.4, -0.2) is 15.5 Å². The minimum Gasteiger partial charge on any atom is -0.494 e. The van der Waals surface area contributed by atoms with Crippen LogP contribution in [0.2, 0.25) is 0 Å². The number of carbonyl (C=O) groups is 1. The lowest BCUT2D eigenvalue weighted by Gasteiger charge is -2.15. The van der Waals surface area contributed by atoms with Gasteiger partial charge in [-0.15, -0.1) is 0 Å². The molecule has 0 aliphatic heterocycles. The molecule has 0 aliphatic carbocycles. The van der Waals surface area contributed by atoms with Gasteiger partial charge in [0.25, 0.3) is 5.56 Å². The number of pyridine rings is 1. The summed E-state index contributed by atoms with van der Waals surface area (Å²) >= 11 is 3.38. The minimum atomic E-state index is -0.650. The second-order valence-electron chi connectivity index (χ2n) is 7.21. The number of fused-ring (bicyclic) bond motifs is 1. The largest absolute Gasteiger partial charge is 0.494 e. The van der Waals surface area contributed by atoms with Crippen LogP contribution in [-0.2, 0) is 6.54 Å². The Balaban J connectivity index is 1.93. The first-order valence-corrected chi connectivity index (χ1v) is 10.3. The molecule has 0 atom stereocenters. The lowest BCUT2D eigenvalue weighted by Crippen LogP contribution is -2.27. The number of furan rings is 1. The van der Waals surface area contributed by atoms with Gasteiger partial charge in [-0.1, -0.05) is 46.3 Å². The fourth-order valence-corrected chi connectivity index (χ4v) is 4.00. The van der Waals surface area contributed by atoms with Crippen molar-refractivity contribution in [2.24, 2.45) is 0 Å². The lowest BCUT2D eigenvalue weighted by molar-refractivity contribution is 0.101. The first-order valence-electron chi connectivity index (χ1n) is 9.47. The van der Waals surface area contributed by atoms with Gasteiger partial charge in [0.05, 0.1) is 12.1 Å². The predicted molar refractivity (Wildman–Crippen MR) is 119 cm³/mol. The average Bonchev–Trinajstić information content (AvgIpc) is 3.08. The smallest absolute Gasteiger partial charge is 0.271 e. The number of nitriles is 1. The van der Waals surface area contributed by atoms with E-state index in [2.05, 4.69) is 15.9 Å². The van der Waals surface area contributed by atoms with Gasteiger partial charge in [0.1, 0.15) is 17.2 Å². The van der Waals surface area contributed by atoms with E-state index in [-0.39, 0.29) is 29.0 Å². The van der Waals surface area contributed by atoms with Crippen molar-refractivity contribution in [3.63, 3.8) is 0 Å². The summed E-state index contributed by atoms with van der Waals surface area (Å²) in [6.07, 6.45) is 0. The Morgan fingerprint density at radius 2 is 1.87 bits per heavy atom. The van der Waals surface area contributed by atoms with Gasteiger partial charge >= 0.3 is 0 Å². The van der Waals surface area contributed by atoms with Crippen LogP contribution in [0, 0.1) is 25.2 Å². The summed E-state index contributed by atoms with van der Waals surface area (Å²) in [6, 6.07) is 16.3. The molecule has 2 aromatic heterocycles. The first-order chi connectivity index (χ1) is 14.8. The Kier molecular flexibility index (Phi) is 5.25. The molecule has 154 valence electrons. The van der Waals surface area contributed by atoms with Crippen molar-refractivity contribution in [3.8, 4) is 11.9 Å². The molecule has 0 saturated heterocycles. The molecule has 2 aromatic carbocycles. The predicted octanol–water partition coefficient (Wildman–Crippen LogP) is 4.83. The molecular weight excluding hydrogens is 460 g/mol. The highest BCUT2D eigenvalue weighted by Crippen LogP contribution is 2.32. The zero-order valence-electron chi connectivity index (χ0n) is 16.8. The van der Waals surface area contributed by atoms with Crippen LogP contribution in [0.25, 0.3) is 11.0 Å². The van der Waals surface area contributed by atoms with Crippen LogP contribution < -0.4 is 5.56 Å². The number of benzene rings is 2. The van der Waals surface area contributed by atoms with E-state index in [1.54, 1.807) is 37.3 Å².